The summed E-state index contributed by atoms with van der Waals surface area (Å²) in [5.41, 5.74) is -1.51. The quantitative estimate of drug-likeness (QED) is 0.610. The number of methoxy groups -OCH3 is 1. The van der Waals surface area contributed by atoms with Gasteiger partial charge in [0.1, 0.15) is 5.41 Å². The van der Waals surface area contributed by atoms with Crippen LogP contribution in [0.25, 0.3) is 0 Å². The molecule has 1 aliphatic heterocycles. The molecule has 1 saturated heterocycles. The number of piperidine rings is 1. The zero-order valence-corrected chi connectivity index (χ0v) is 7.27. The number of carbonyl (C=O) groups is 1. The van der Waals surface area contributed by atoms with Crippen molar-refractivity contribution in [1.29, 1.82) is 0 Å². The molecule has 0 aromatic heterocycles. The summed E-state index contributed by atoms with van der Waals surface area (Å²) in [6, 6.07) is 0. The van der Waals surface area contributed by atoms with E-state index in [9.17, 15) is 13.6 Å². The summed E-state index contributed by atoms with van der Waals surface area (Å²) < 4.78 is 30.9. The van der Waals surface area contributed by atoms with E-state index in [1.807, 2.05) is 0 Å². The Morgan fingerprint density at radius 2 is 2.31 bits per heavy atom. The largest absolute Gasteiger partial charge is 0.468 e. The molecule has 3 nitrogen and oxygen atoms in total. The van der Waals surface area contributed by atoms with E-state index in [0.29, 0.717) is 6.54 Å². The van der Waals surface area contributed by atoms with Gasteiger partial charge in [-0.25, -0.2) is 8.78 Å². The zero-order chi connectivity index (χ0) is 9.69. The van der Waals surface area contributed by atoms with Crippen LogP contribution in [-0.2, 0) is 9.53 Å². The Hall–Kier alpha value is -0.710. The van der Waals surface area contributed by atoms with E-state index in [1.54, 1.807) is 0 Å². The SMILES string of the molecule is COC(=O)[C@]12CCNC[C@@H]1C2(F)F. The van der Waals surface area contributed by atoms with Crippen LogP contribution in [-0.4, -0.2) is 32.1 Å². The number of esters is 1. The molecule has 2 aliphatic rings. The molecule has 0 aromatic rings. The summed E-state index contributed by atoms with van der Waals surface area (Å²) >= 11 is 0. The molecule has 0 bridgehead atoms. The molecule has 0 unspecified atom stereocenters. The zero-order valence-electron chi connectivity index (χ0n) is 7.27. The molecular formula is C8H11F2NO2. The van der Waals surface area contributed by atoms with Crippen LogP contribution < -0.4 is 5.32 Å². The summed E-state index contributed by atoms with van der Waals surface area (Å²) in [7, 11) is 1.16. The minimum Gasteiger partial charge on any atom is -0.468 e. The fourth-order valence-electron chi connectivity index (χ4n) is 2.27. The van der Waals surface area contributed by atoms with Crippen LogP contribution in [0.15, 0.2) is 0 Å². The molecule has 2 fully saturated rings. The van der Waals surface area contributed by atoms with Crippen molar-refractivity contribution in [3.05, 3.63) is 0 Å². The number of hydrogen-bond donors (Lipinski definition) is 1. The lowest BCUT2D eigenvalue weighted by molar-refractivity contribution is -0.152. The molecule has 13 heavy (non-hydrogen) atoms. The summed E-state index contributed by atoms with van der Waals surface area (Å²) in [6.07, 6.45) is 0.178. The van der Waals surface area contributed by atoms with Gasteiger partial charge in [-0.1, -0.05) is 0 Å². The predicted molar refractivity (Wildman–Crippen MR) is 40.4 cm³/mol. The Morgan fingerprint density at radius 1 is 1.62 bits per heavy atom. The van der Waals surface area contributed by atoms with Crippen molar-refractivity contribution in [3.63, 3.8) is 0 Å². The average molecular weight is 191 g/mol. The first-order valence-electron chi connectivity index (χ1n) is 4.24. The van der Waals surface area contributed by atoms with E-state index in [0.717, 1.165) is 7.11 Å². The molecule has 5 heteroatoms. The number of rotatable bonds is 1. The summed E-state index contributed by atoms with van der Waals surface area (Å²) in [4.78, 5) is 11.2. The molecule has 0 aromatic carbocycles. The maximum Gasteiger partial charge on any atom is 0.318 e. The number of fused-ring (bicyclic) bond motifs is 1. The van der Waals surface area contributed by atoms with Crippen molar-refractivity contribution < 1.29 is 18.3 Å². The van der Waals surface area contributed by atoms with Gasteiger partial charge in [0.2, 0.25) is 0 Å². The number of alkyl halides is 2. The normalized spacial score (nSPS) is 40.7. The van der Waals surface area contributed by atoms with Crippen LogP contribution in [0.2, 0.25) is 0 Å². The molecule has 74 valence electrons. The molecule has 1 saturated carbocycles. The summed E-state index contributed by atoms with van der Waals surface area (Å²) in [6.45, 7) is 0.670. The highest BCUT2D eigenvalue weighted by molar-refractivity contribution is 5.83. The van der Waals surface area contributed by atoms with Crippen molar-refractivity contribution in [2.45, 2.75) is 12.3 Å². The third-order valence-corrected chi connectivity index (χ3v) is 3.14. The van der Waals surface area contributed by atoms with E-state index >= 15 is 0 Å². The molecule has 2 rings (SSSR count). The van der Waals surface area contributed by atoms with Crippen molar-refractivity contribution >= 4 is 5.97 Å². The Kier molecular flexibility index (Phi) is 1.64. The van der Waals surface area contributed by atoms with Gasteiger partial charge >= 0.3 is 5.97 Å². The van der Waals surface area contributed by atoms with Crippen molar-refractivity contribution in [2.24, 2.45) is 11.3 Å². The van der Waals surface area contributed by atoms with Gasteiger partial charge in [0.15, 0.2) is 0 Å². The second-order valence-corrected chi connectivity index (χ2v) is 3.59. The van der Waals surface area contributed by atoms with Crippen LogP contribution in [0.3, 0.4) is 0 Å². The first-order valence-corrected chi connectivity index (χ1v) is 4.24. The van der Waals surface area contributed by atoms with Crippen LogP contribution in [0.1, 0.15) is 6.42 Å². The minimum absolute atomic E-state index is 0.178. The van der Waals surface area contributed by atoms with Gasteiger partial charge < -0.3 is 10.1 Å². The molecular weight excluding hydrogens is 180 g/mol. The Labute approximate surface area is 74.4 Å². The number of nitrogens with one attached hydrogen (secondary N) is 1. The topological polar surface area (TPSA) is 38.3 Å². The van der Waals surface area contributed by atoms with E-state index in [-0.39, 0.29) is 13.0 Å². The Bertz CT molecular complexity index is 257. The van der Waals surface area contributed by atoms with Crippen molar-refractivity contribution in [3.8, 4) is 0 Å². The van der Waals surface area contributed by atoms with E-state index in [1.165, 1.54) is 0 Å². The summed E-state index contributed by atoms with van der Waals surface area (Å²) in [5.74, 6) is -4.49. The van der Waals surface area contributed by atoms with Crippen LogP contribution in [0, 0.1) is 11.3 Å². The smallest absolute Gasteiger partial charge is 0.318 e. The Morgan fingerprint density at radius 3 is 2.85 bits per heavy atom. The Balaban J connectivity index is 2.26. The number of halogens is 2. The van der Waals surface area contributed by atoms with Gasteiger partial charge in [0, 0.05) is 6.54 Å². The third-order valence-electron chi connectivity index (χ3n) is 3.14. The maximum absolute atomic E-state index is 13.3. The summed E-state index contributed by atoms with van der Waals surface area (Å²) in [5, 5.41) is 2.85. The molecule has 0 amide bonds. The predicted octanol–water partition coefficient (Wildman–Crippen LogP) is 0.404. The molecule has 1 aliphatic carbocycles. The fourth-order valence-corrected chi connectivity index (χ4v) is 2.27. The minimum atomic E-state index is -2.87. The standard InChI is InChI=1S/C8H11F2NO2/c1-13-6(12)7-2-3-11-4-5(7)8(7,9)10/h5,11H,2-4H2,1H3/t5-,7-/m0/s1. The first-order chi connectivity index (χ1) is 6.07. The molecule has 0 spiro atoms. The fraction of sp³-hybridized carbons (Fsp3) is 0.875. The van der Waals surface area contributed by atoms with Gasteiger partial charge in [-0.05, 0) is 13.0 Å². The molecule has 2 atom stereocenters. The maximum atomic E-state index is 13.3. The van der Waals surface area contributed by atoms with Crippen LogP contribution in [0.4, 0.5) is 8.78 Å². The van der Waals surface area contributed by atoms with Gasteiger partial charge in [-0.3, -0.25) is 4.79 Å². The van der Waals surface area contributed by atoms with E-state index < -0.39 is 23.2 Å². The highest BCUT2D eigenvalue weighted by Crippen LogP contribution is 2.69. The highest BCUT2D eigenvalue weighted by Gasteiger charge is 2.85. The third kappa shape index (κ3) is 0.829. The highest BCUT2D eigenvalue weighted by atomic mass is 19.3. The van der Waals surface area contributed by atoms with Gasteiger partial charge in [0.25, 0.3) is 5.92 Å². The monoisotopic (exact) mass is 191 g/mol. The molecule has 0 radical (unpaired) electrons. The van der Waals surface area contributed by atoms with E-state index in [2.05, 4.69) is 10.1 Å². The van der Waals surface area contributed by atoms with Gasteiger partial charge in [-0.2, -0.15) is 0 Å². The van der Waals surface area contributed by atoms with E-state index in [4.69, 9.17) is 0 Å². The lowest BCUT2D eigenvalue weighted by Gasteiger charge is -2.18. The second-order valence-electron chi connectivity index (χ2n) is 3.59. The number of ether oxygens (including phenoxy) is 1. The van der Waals surface area contributed by atoms with Crippen LogP contribution in [0.5, 0.6) is 0 Å². The lowest BCUT2D eigenvalue weighted by Crippen LogP contribution is -2.34. The average Bonchev–Trinajstić information content (AvgIpc) is 2.65. The second kappa shape index (κ2) is 2.41. The van der Waals surface area contributed by atoms with Gasteiger partial charge in [-0.15, -0.1) is 0 Å². The number of carbonyl (C=O) groups excluding carboxylic acids is 1. The first kappa shape index (κ1) is 8.87. The molecule has 1 N–H and O–H groups in total. The van der Waals surface area contributed by atoms with Crippen molar-refractivity contribution in [1.82, 2.24) is 5.32 Å². The van der Waals surface area contributed by atoms with Crippen LogP contribution >= 0.6 is 0 Å². The number of hydrogen-bond acceptors (Lipinski definition) is 3. The van der Waals surface area contributed by atoms with Gasteiger partial charge in [0.05, 0.1) is 13.0 Å². The van der Waals surface area contributed by atoms with Crippen molar-refractivity contribution in [2.75, 3.05) is 20.2 Å². The lowest BCUT2D eigenvalue weighted by atomic mass is 9.96. The molecule has 1 heterocycles.